The molecule has 1 heterocycles. The second kappa shape index (κ2) is 11.2. The molecule has 7 heteroatoms. The van der Waals surface area contributed by atoms with E-state index in [-0.39, 0.29) is 31.1 Å². The lowest BCUT2D eigenvalue weighted by Crippen LogP contribution is -2.48. The lowest BCUT2D eigenvalue weighted by Gasteiger charge is -2.32. The van der Waals surface area contributed by atoms with Crippen molar-refractivity contribution in [3.8, 4) is 17.2 Å². The molecular formula is C24H30N2O5. The number of nitrogens with one attached hydrogen (secondary N) is 1. The molecule has 0 atom stereocenters. The lowest BCUT2D eigenvalue weighted by molar-refractivity contribution is -0.134. The lowest BCUT2D eigenvalue weighted by atomic mass is 10.1. The molecule has 0 saturated carbocycles. The molecule has 1 saturated heterocycles. The van der Waals surface area contributed by atoms with Crippen LogP contribution in [0.1, 0.15) is 25.3 Å². The topological polar surface area (TPSA) is 77.1 Å². The van der Waals surface area contributed by atoms with Crippen molar-refractivity contribution in [2.45, 2.75) is 32.2 Å². The third kappa shape index (κ3) is 6.38. The zero-order valence-corrected chi connectivity index (χ0v) is 18.1. The standard InChI is InChI=1S/C24H30N2O5/c1-3-18-8-4-5-9-20(18)31-17-24(28)26-14-12-19(13-15-26)25-23(27)16-30-22-11-7-6-10-21(22)29-2/h4-11,19H,3,12-17H2,1-2H3,(H,25,27). The van der Waals surface area contributed by atoms with Gasteiger partial charge in [-0.05, 0) is 43.0 Å². The summed E-state index contributed by atoms with van der Waals surface area (Å²) in [6.45, 7) is 3.20. The minimum absolute atomic E-state index is 0.0274. The number of amides is 2. The number of hydrogen-bond acceptors (Lipinski definition) is 5. The molecule has 1 aliphatic heterocycles. The number of para-hydroxylation sites is 3. The normalized spacial score (nSPS) is 14.1. The molecule has 1 fully saturated rings. The van der Waals surface area contributed by atoms with Gasteiger partial charge in [0, 0.05) is 19.1 Å². The van der Waals surface area contributed by atoms with Crippen molar-refractivity contribution in [2.75, 3.05) is 33.4 Å². The highest BCUT2D eigenvalue weighted by atomic mass is 16.5. The Morgan fingerprint density at radius 1 is 0.935 bits per heavy atom. The number of aryl methyl sites for hydroxylation is 1. The molecule has 0 unspecified atom stereocenters. The van der Waals surface area contributed by atoms with Crippen LogP contribution in [0.4, 0.5) is 0 Å². The molecule has 2 amide bonds. The number of carbonyl (C=O) groups excluding carboxylic acids is 2. The summed E-state index contributed by atoms with van der Waals surface area (Å²) in [4.78, 5) is 26.5. The van der Waals surface area contributed by atoms with Gasteiger partial charge in [-0.2, -0.15) is 0 Å². The second-order valence-corrected chi connectivity index (χ2v) is 7.41. The summed E-state index contributed by atoms with van der Waals surface area (Å²) < 4.78 is 16.5. The molecule has 31 heavy (non-hydrogen) atoms. The van der Waals surface area contributed by atoms with Crippen LogP contribution in [0.25, 0.3) is 0 Å². The molecule has 2 aromatic carbocycles. The molecular weight excluding hydrogens is 396 g/mol. The van der Waals surface area contributed by atoms with Crippen LogP contribution in [0, 0.1) is 0 Å². The van der Waals surface area contributed by atoms with E-state index in [4.69, 9.17) is 14.2 Å². The fourth-order valence-corrected chi connectivity index (χ4v) is 3.59. The summed E-state index contributed by atoms with van der Waals surface area (Å²) in [7, 11) is 1.56. The van der Waals surface area contributed by atoms with Crippen LogP contribution in [0.3, 0.4) is 0 Å². The predicted molar refractivity (Wildman–Crippen MR) is 118 cm³/mol. The Hall–Kier alpha value is -3.22. The van der Waals surface area contributed by atoms with Crippen LogP contribution in [0.15, 0.2) is 48.5 Å². The number of hydrogen-bond donors (Lipinski definition) is 1. The fourth-order valence-electron chi connectivity index (χ4n) is 3.59. The third-order valence-corrected chi connectivity index (χ3v) is 5.35. The minimum atomic E-state index is -0.185. The largest absolute Gasteiger partial charge is 0.493 e. The predicted octanol–water partition coefficient (Wildman–Crippen LogP) is 2.82. The quantitative estimate of drug-likeness (QED) is 0.667. The van der Waals surface area contributed by atoms with E-state index in [2.05, 4.69) is 12.2 Å². The third-order valence-electron chi connectivity index (χ3n) is 5.35. The van der Waals surface area contributed by atoms with Gasteiger partial charge in [0.15, 0.2) is 24.7 Å². The summed E-state index contributed by atoms with van der Waals surface area (Å²) in [5.41, 5.74) is 1.09. The highest BCUT2D eigenvalue weighted by Gasteiger charge is 2.24. The Balaban J connectivity index is 1.38. The Bertz CT molecular complexity index is 878. The fraction of sp³-hybridized carbons (Fsp3) is 0.417. The van der Waals surface area contributed by atoms with E-state index in [9.17, 15) is 9.59 Å². The summed E-state index contributed by atoms with van der Waals surface area (Å²) in [5.74, 6) is 1.66. The van der Waals surface area contributed by atoms with Crippen molar-refractivity contribution in [1.82, 2.24) is 10.2 Å². The zero-order chi connectivity index (χ0) is 22.1. The first-order valence-electron chi connectivity index (χ1n) is 10.6. The van der Waals surface area contributed by atoms with Crippen LogP contribution in [-0.4, -0.2) is 56.2 Å². The number of likely N-dealkylation sites (tertiary alicyclic amines) is 1. The number of methoxy groups -OCH3 is 1. The van der Waals surface area contributed by atoms with Gasteiger partial charge in [0.1, 0.15) is 5.75 Å². The molecule has 3 rings (SSSR count). The van der Waals surface area contributed by atoms with Crippen molar-refractivity contribution in [3.05, 3.63) is 54.1 Å². The van der Waals surface area contributed by atoms with Crippen LogP contribution in [0.5, 0.6) is 17.2 Å². The van der Waals surface area contributed by atoms with E-state index in [1.54, 1.807) is 24.1 Å². The van der Waals surface area contributed by atoms with Gasteiger partial charge < -0.3 is 24.4 Å². The van der Waals surface area contributed by atoms with Gasteiger partial charge in [-0.15, -0.1) is 0 Å². The van der Waals surface area contributed by atoms with E-state index in [0.29, 0.717) is 37.4 Å². The van der Waals surface area contributed by atoms with E-state index < -0.39 is 0 Å². The van der Waals surface area contributed by atoms with Crippen molar-refractivity contribution >= 4 is 11.8 Å². The highest BCUT2D eigenvalue weighted by Crippen LogP contribution is 2.25. The molecule has 1 aliphatic rings. The number of piperidine rings is 1. The smallest absolute Gasteiger partial charge is 0.260 e. The van der Waals surface area contributed by atoms with Gasteiger partial charge in [-0.25, -0.2) is 0 Å². The molecule has 0 radical (unpaired) electrons. The monoisotopic (exact) mass is 426 g/mol. The molecule has 0 spiro atoms. The maximum Gasteiger partial charge on any atom is 0.260 e. The average molecular weight is 427 g/mol. The Morgan fingerprint density at radius 2 is 1.55 bits per heavy atom. The van der Waals surface area contributed by atoms with Crippen molar-refractivity contribution in [2.24, 2.45) is 0 Å². The molecule has 0 bridgehead atoms. The number of carbonyl (C=O) groups is 2. The zero-order valence-electron chi connectivity index (χ0n) is 18.1. The molecule has 166 valence electrons. The van der Waals surface area contributed by atoms with Gasteiger partial charge in [-0.3, -0.25) is 9.59 Å². The van der Waals surface area contributed by atoms with Crippen LogP contribution in [-0.2, 0) is 16.0 Å². The molecule has 2 aromatic rings. The Kier molecular flexibility index (Phi) is 8.15. The van der Waals surface area contributed by atoms with E-state index >= 15 is 0 Å². The summed E-state index contributed by atoms with van der Waals surface area (Å²) in [6, 6.07) is 15.0. The van der Waals surface area contributed by atoms with Crippen LogP contribution < -0.4 is 19.5 Å². The van der Waals surface area contributed by atoms with Gasteiger partial charge in [0.25, 0.3) is 11.8 Å². The summed E-state index contributed by atoms with van der Waals surface area (Å²) in [6.07, 6.45) is 2.27. The van der Waals surface area contributed by atoms with E-state index in [1.165, 1.54) is 0 Å². The van der Waals surface area contributed by atoms with Gasteiger partial charge in [-0.1, -0.05) is 37.3 Å². The maximum atomic E-state index is 12.5. The van der Waals surface area contributed by atoms with Crippen molar-refractivity contribution < 1.29 is 23.8 Å². The van der Waals surface area contributed by atoms with Crippen molar-refractivity contribution in [3.63, 3.8) is 0 Å². The SMILES string of the molecule is CCc1ccccc1OCC(=O)N1CCC(NC(=O)COc2ccccc2OC)CC1. The highest BCUT2D eigenvalue weighted by molar-refractivity contribution is 5.79. The minimum Gasteiger partial charge on any atom is -0.493 e. The van der Waals surface area contributed by atoms with Gasteiger partial charge >= 0.3 is 0 Å². The van der Waals surface area contributed by atoms with Crippen LogP contribution >= 0.6 is 0 Å². The average Bonchev–Trinajstić information content (AvgIpc) is 2.82. The molecule has 7 nitrogen and oxygen atoms in total. The Labute approximate surface area is 183 Å². The van der Waals surface area contributed by atoms with E-state index in [1.807, 2.05) is 36.4 Å². The number of nitrogens with zero attached hydrogens (tertiary/aromatic N) is 1. The molecule has 1 N–H and O–H groups in total. The van der Waals surface area contributed by atoms with E-state index in [0.717, 1.165) is 17.7 Å². The molecule has 0 aliphatic carbocycles. The summed E-state index contributed by atoms with van der Waals surface area (Å²) >= 11 is 0. The molecule has 0 aromatic heterocycles. The number of rotatable bonds is 9. The first kappa shape index (κ1) is 22.5. The summed E-state index contributed by atoms with van der Waals surface area (Å²) in [5, 5.41) is 2.99. The first-order chi connectivity index (χ1) is 15.1. The number of ether oxygens (including phenoxy) is 3. The Morgan fingerprint density at radius 3 is 2.23 bits per heavy atom. The maximum absolute atomic E-state index is 12.5. The van der Waals surface area contributed by atoms with Gasteiger partial charge in [0.2, 0.25) is 0 Å². The van der Waals surface area contributed by atoms with Crippen LogP contribution in [0.2, 0.25) is 0 Å². The van der Waals surface area contributed by atoms with Crippen molar-refractivity contribution in [1.29, 1.82) is 0 Å². The second-order valence-electron chi connectivity index (χ2n) is 7.41. The number of benzene rings is 2. The first-order valence-corrected chi connectivity index (χ1v) is 10.6. The van der Waals surface area contributed by atoms with Gasteiger partial charge in [0.05, 0.1) is 7.11 Å².